The molecule has 0 atom stereocenters. The molecule has 1 aliphatic rings. The molecule has 8 heteroatoms. The van der Waals surface area contributed by atoms with E-state index in [1.165, 1.54) is 19.3 Å². The number of sulfonamides is 1. The molecule has 1 aromatic heterocycles. The molecule has 4 rings (SSSR count). The van der Waals surface area contributed by atoms with Gasteiger partial charge in [-0.05, 0) is 82.3 Å². The third-order valence-electron chi connectivity index (χ3n) is 5.79. The molecule has 1 fully saturated rings. The van der Waals surface area contributed by atoms with Gasteiger partial charge >= 0.3 is 0 Å². The fraction of sp³-hybridized carbons (Fsp3) is 0.360. The molecule has 33 heavy (non-hydrogen) atoms. The van der Waals surface area contributed by atoms with E-state index in [-0.39, 0.29) is 0 Å². The lowest BCUT2D eigenvalue weighted by molar-refractivity contribution is 0.572. The van der Waals surface area contributed by atoms with Crippen LogP contribution in [0.2, 0.25) is 0 Å². The highest BCUT2D eigenvalue weighted by Crippen LogP contribution is 2.26. The molecule has 3 aromatic rings. The van der Waals surface area contributed by atoms with E-state index in [4.69, 9.17) is 0 Å². The first-order valence-electron chi connectivity index (χ1n) is 11.3. The van der Waals surface area contributed by atoms with Crippen molar-refractivity contribution in [3.05, 3.63) is 65.0 Å². The van der Waals surface area contributed by atoms with Crippen molar-refractivity contribution < 1.29 is 8.42 Å². The number of nitrogens with zero attached hydrogens (tertiary/aromatic N) is 3. The molecule has 1 aliphatic heterocycles. The first-order chi connectivity index (χ1) is 15.7. The summed E-state index contributed by atoms with van der Waals surface area (Å²) < 4.78 is 28.7. The van der Waals surface area contributed by atoms with Gasteiger partial charge in [-0.2, -0.15) is 0 Å². The summed E-state index contributed by atoms with van der Waals surface area (Å²) in [5.41, 5.74) is 3.85. The Labute approximate surface area is 196 Å². The van der Waals surface area contributed by atoms with Gasteiger partial charge in [0.25, 0.3) is 10.0 Å². The van der Waals surface area contributed by atoms with Crippen molar-refractivity contribution in [1.82, 2.24) is 9.97 Å². The molecule has 0 bridgehead atoms. The lowest BCUT2D eigenvalue weighted by Gasteiger charge is -2.28. The average Bonchev–Trinajstić information content (AvgIpc) is 2.74. The zero-order valence-corrected chi connectivity index (χ0v) is 20.5. The van der Waals surface area contributed by atoms with E-state index in [2.05, 4.69) is 24.9 Å². The van der Waals surface area contributed by atoms with Crippen molar-refractivity contribution in [3.63, 3.8) is 0 Å². The predicted octanol–water partition coefficient (Wildman–Crippen LogP) is 5.24. The zero-order chi connectivity index (χ0) is 23.6. The summed E-state index contributed by atoms with van der Waals surface area (Å²) >= 11 is 0. The Hall–Kier alpha value is -3.13. The van der Waals surface area contributed by atoms with Crippen molar-refractivity contribution in [1.29, 1.82) is 0 Å². The molecular formula is C25H31N5O2S. The Kier molecular flexibility index (Phi) is 6.56. The van der Waals surface area contributed by atoms with Crippen LogP contribution in [0.25, 0.3) is 0 Å². The summed E-state index contributed by atoms with van der Waals surface area (Å²) in [7, 11) is -3.68. The van der Waals surface area contributed by atoms with Crippen LogP contribution in [0.15, 0.2) is 47.4 Å². The van der Waals surface area contributed by atoms with Crippen LogP contribution >= 0.6 is 0 Å². The van der Waals surface area contributed by atoms with E-state index in [1.54, 1.807) is 12.1 Å². The molecule has 0 amide bonds. The van der Waals surface area contributed by atoms with Crippen LogP contribution in [-0.2, 0) is 10.0 Å². The Bertz CT molecular complexity index is 1230. The van der Waals surface area contributed by atoms with E-state index in [9.17, 15) is 8.42 Å². The largest absolute Gasteiger partial charge is 0.356 e. The third-order valence-corrected chi connectivity index (χ3v) is 7.47. The van der Waals surface area contributed by atoms with Crippen LogP contribution < -0.4 is 14.9 Å². The van der Waals surface area contributed by atoms with E-state index in [1.807, 2.05) is 58.0 Å². The van der Waals surface area contributed by atoms with Crippen LogP contribution in [0.5, 0.6) is 0 Å². The van der Waals surface area contributed by atoms with E-state index < -0.39 is 10.0 Å². The zero-order valence-electron chi connectivity index (χ0n) is 19.6. The molecule has 0 saturated carbocycles. The van der Waals surface area contributed by atoms with Gasteiger partial charge in [-0.15, -0.1) is 0 Å². The van der Waals surface area contributed by atoms with Crippen LogP contribution in [-0.4, -0.2) is 31.5 Å². The number of rotatable bonds is 6. The molecule has 2 heterocycles. The van der Waals surface area contributed by atoms with Gasteiger partial charge in [0, 0.05) is 30.5 Å². The standard InChI is InChI=1S/C25H31N5O2S/c1-17-14-18(2)25(19(3)15-17)33(31,32)29-22-10-8-21(9-11-22)28-23-16-24(27-20(4)26-23)30-12-6-5-7-13-30/h8-11,14-16,29H,5-7,12-13H2,1-4H3,(H,26,27,28). The average molecular weight is 466 g/mol. The number of anilines is 4. The van der Waals surface area contributed by atoms with Crippen LogP contribution in [0.4, 0.5) is 23.0 Å². The van der Waals surface area contributed by atoms with Gasteiger partial charge in [0.15, 0.2) is 0 Å². The molecule has 2 N–H and O–H groups in total. The third kappa shape index (κ3) is 5.45. The summed E-state index contributed by atoms with van der Waals surface area (Å²) in [6.45, 7) is 9.54. The molecule has 0 unspecified atom stereocenters. The maximum Gasteiger partial charge on any atom is 0.262 e. The van der Waals surface area contributed by atoms with Gasteiger partial charge in [-0.3, -0.25) is 4.72 Å². The fourth-order valence-corrected chi connectivity index (χ4v) is 5.98. The summed E-state index contributed by atoms with van der Waals surface area (Å²) in [6.07, 6.45) is 3.64. The minimum atomic E-state index is -3.68. The monoisotopic (exact) mass is 465 g/mol. The molecule has 174 valence electrons. The number of hydrogen-bond donors (Lipinski definition) is 2. The Balaban J connectivity index is 1.50. The van der Waals surface area contributed by atoms with Gasteiger partial charge in [0.05, 0.1) is 4.90 Å². The summed E-state index contributed by atoms with van der Waals surface area (Å²) in [5, 5.41) is 3.32. The van der Waals surface area contributed by atoms with Crippen molar-refractivity contribution >= 4 is 33.0 Å². The Morgan fingerprint density at radius 2 is 1.42 bits per heavy atom. The van der Waals surface area contributed by atoms with Crippen molar-refractivity contribution in [2.75, 3.05) is 28.0 Å². The van der Waals surface area contributed by atoms with Gasteiger partial charge < -0.3 is 10.2 Å². The number of aryl methyl sites for hydroxylation is 4. The first kappa shape index (κ1) is 23.0. The smallest absolute Gasteiger partial charge is 0.262 e. The molecular weight excluding hydrogens is 434 g/mol. The molecule has 0 spiro atoms. The van der Waals surface area contributed by atoms with Gasteiger partial charge in [0.2, 0.25) is 0 Å². The highest BCUT2D eigenvalue weighted by Gasteiger charge is 2.20. The first-order valence-corrected chi connectivity index (χ1v) is 12.8. The minimum Gasteiger partial charge on any atom is -0.356 e. The predicted molar refractivity (Wildman–Crippen MR) is 134 cm³/mol. The second kappa shape index (κ2) is 9.39. The second-order valence-electron chi connectivity index (χ2n) is 8.74. The fourth-order valence-electron chi connectivity index (χ4n) is 4.47. The van der Waals surface area contributed by atoms with E-state index in [0.717, 1.165) is 47.1 Å². The molecule has 7 nitrogen and oxygen atoms in total. The minimum absolute atomic E-state index is 0.331. The van der Waals surface area contributed by atoms with Crippen molar-refractivity contribution in [2.45, 2.75) is 51.9 Å². The highest BCUT2D eigenvalue weighted by atomic mass is 32.2. The summed E-state index contributed by atoms with van der Waals surface area (Å²) in [6, 6.07) is 12.9. The Morgan fingerprint density at radius 3 is 2.06 bits per heavy atom. The topological polar surface area (TPSA) is 87.2 Å². The molecule has 1 saturated heterocycles. The summed E-state index contributed by atoms with van der Waals surface area (Å²) in [5.74, 6) is 2.38. The van der Waals surface area contributed by atoms with Crippen LogP contribution in [0, 0.1) is 27.7 Å². The molecule has 2 aromatic carbocycles. The normalized spacial score (nSPS) is 14.2. The maximum absolute atomic E-state index is 13.0. The number of hydrogen-bond acceptors (Lipinski definition) is 6. The molecule has 0 radical (unpaired) electrons. The Morgan fingerprint density at radius 1 is 0.818 bits per heavy atom. The van der Waals surface area contributed by atoms with Crippen LogP contribution in [0.3, 0.4) is 0 Å². The maximum atomic E-state index is 13.0. The highest BCUT2D eigenvalue weighted by molar-refractivity contribution is 7.92. The molecule has 0 aliphatic carbocycles. The number of nitrogens with one attached hydrogen (secondary N) is 2. The van der Waals surface area contributed by atoms with E-state index in [0.29, 0.717) is 16.4 Å². The second-order valence-corrected chi connectivity index (χ2v) is 10.4. The lowest BCUT2D eigenvalue weighted by Crippen LogP contribution is -2.30. The van der Waals surface area contributed by atoms with Crippen LogP contribution in [0.1, 0.15) is 41.8 Å². The van der Waals surface area contributed by atoms with Crippen molar-refractivity contribution in [3.8, 4) is 0 Å². The number of benzene rings is 2. The SMILES string of the molecule is Cc1cc(C)c(S(=O)(=O)Nc2ccc(Nc3cc(N4CCCCC4)nc(C)n3)cc2)c(C)c1. The lowest BCUT2D eigenvalue weighted by atomic mass is 10.1. The quantitative estimate of drug-likeness (QED) is 0.517. The number of aromatic nitrogens is 2. The van der Waals surface area contributed by atoms with Gasteiger partial charge in [-0.1, -0.05) is 17.7 Å². The number of piperidine rings is 1. The summed E-state index contributed by atoms with van der Waals surface area (Å²) in [4.78, 5) is 11.7. The van der Waals surface area contributed by atoms with Gasteiger partial charge in [0.1, 0.15) is 17.5 Å². The van der Waals surface area contributed by atoms with Gasteiger partial charge in [-0.25, -0.2) is 18.4 Å². The van der Waals surface area contributed by atoms with Crippen molar-refractivity contribution in [2.24, 2.45) is 0 Å². The van der Waals surface area contributed by atoms with E-state index >= 15 is 0 Å².